The van der Waals surface area contributed by atoms with Crippen LogP contribution in [0.1, 0.15) is 63.6 Å². The van der Waals surface area contributed by atoms with Gasteiger partial charge >= 0.3 is 6.09 Å². The fourth-order valence-corrected chi connectivity index (χ4v) is 5.06. The number of ether oxygens (including phenoxy) is 1. The lowest BCUT2D eigenvalue weighted by atomic mass is 10.0. The van der Waals surface area contributed by atoms with E-state index in [1.807, 2.05) is 33.0 Å². The normalized spacial score (nSPS) is 15.4. The van der Waals surface area contributed by atoms with Crippen LogP contribution in [-0.2, 0) is 17.8 Å². The van der Waals surface area contributed by atoms with Crippen LogP contribution in [0.4, 0.5) is 16.6 Å². The average Bonchev–Trinajstić information content (AvgIpc) is 3.30. The number of nitrogens with one attached hydrogen (secondary N) is 1. The summed E-state index contributed by atoms with van der Waals surface area (Å²) < 4.78 is 7.68. The third kappa shape index (κ3) is 7.63. The van der Waals surface area contributed by atoms with Gasteiger partial charge in [-0.1, -0.05) is 38.0 Å². The van der Waals surface area contributed by atoms with Gasteiger partial charge < -0.3 is 30.4 Å². The summed E-state index contributed by atoms with van der Waals surface area (Å²) in [5.41, 5.74) is 10.9. The van der Waals surface area contributed by atoms with Gasteiger partial charge in [0.05, 0.1) is 18.2 Å². The highest BCUT2D eigenvalue weighted by Gasteiger charge is 2.26. The maximum absolute atomic E-state index is 12.4. The zero-order valence-corrected chi connectivity index (χ0v) is 24.6. The standard InChI is InChI=1S/C30H45N7O3/c1-6-7-8-24(20-38)32-27-26-25(33-28(31)34-27)11-12-37(26)19-23-17-22(10-9-21(23)2)18-35-13-15-36(16-14-35)29(39)40-30(3,4)5/h9-12,17,24,38H,6-8,13-16,18-20H2,1-5H3,(H3,31,32,33,34)/t24-/m0/s1. The number of nitrogens with two attached hydrogens (primary N) is 1. The van der Waals surface area contributed by atoms with Crippen molar-refractivity contribution in [3.63, 3.8) is 0 Å². The first kappa shape index (κ1) is 29.6. The van der Waals surface area contributed by atoms with Crippen molar-refractivity contribution in [1.82, 2.24) is 24.3 Å². The molecule has 4 N–H and O–H groups in total. The highest BCUT2D eigenvalue weighted by Crippen LogP contribution is 2.26. The minimum absolute atomic E-state index is 0.0271. The van der Waals surface area contributed by atoms with Crippen LogP contribution in [-0.4, -0.2) is 80.0 Å². The van der Waals surface area contributed by atoms with E-state index in [0.717, 1.165) is 49.9 Å². The van der Waals surface area contributed by atoms with Gasteiger partial charge in [0.1, 0.15) is 11.1 Å². The van der Waals surface area contributed by atoms with Crippen LogP contribution in [0.15, 0.2) is 30.5 Å². The lowest BCUT2D eigenvalue weighted by Gasteiger charge is -2.35. The number of hydrogen-bond donors (Lipinski definition) is 3. The number of carbonyl (C=O) groups is 1. The van der Waals surface area contributed by atoms with Crippen LogP contribution in [0.5, 0.6) is 0 Å². The molecule has 0 aliphatic carbocycles. The smallest absolute Gasteiger partial charge is 0.410 e. The predicted molar refractivity (Wildman–Crippen MR) is 159 cm³/mol. The molecule has 1 atom stereocenters. The molecule has 3 aromatic rings. The lowest BCUT2D eigenvalue weighted by molar-refractivity contribution is 0.0139. The fourth-order valence-electron chi connectivity index (χ4n) is 5.06. The molecular formula is C30H45N7O3. The topological polar surface area (TPSA) is 122 Å². The second kappa shape index (κ2) is 12.9. The van der Waals surface area contributed by atoms with E-state index in [4.69, 9.17) is 10.5 Å². The van der Waals surface area contributed by atoms with Gasteiger partial charge in [-0.25, -0.2) is 9.78 Å². The van der Waals surface area contributed by atoms with Crippen molar-refractivity contribution in [2.75, 3.05) is 43.8 Å². The number of piperazine rings is 1. The van der Waals surface area contributed by atoms with Crippen molar-refractivity contribution in [2.45, 2.75) is 78.6 Å². The molecule has 218 valence electrons. The van der Waals surface area contributed by atoms with Gasteiger partial charge in [0.25, 0.3) is 0 Å². The third-order valence-corrected chi connectivity index (χ3v) is 7.28. The maximum atomic E-state index is 12.4. The van der Waals surface area contributed by atoms with E-state index in [9.17, 15) is 9.90 Å². The molecule has 1 saturated heterocycles. The number of aliphatic hydroxyl groups excluding tert-OH is 1. The molecule has 4 rings (SSSR count). The summed E-state index contributed by atoms with van der Waals surface area (Å²) >= 11 is 0. The summed E-state index contributed by atoms with van der Waals surface area (Å²) in [6.45, 7) is 14.4. The van der Waals surface area contributed by atoms with Crippen molar-refractivity contribution in [3.05, 3.63) is 47.2 Å². The summed E-state index contributed by atoms with van der Waals surface area (Å²) in [5.74, 6) is 0.865. The predicted octanol–water partition coefficient (Wildman–Crippen LogP) is 4.39. The van der Waals surface area contributed by atoms with E-state index >= 15 is 0 Å². The largest absolute Gasteiger partial charge is 0.444 e. The van der Waals surface area contributed by atoms with E-state index < -0.39 is 5.60 Å². The Kier molecular flexibility index (Phi) is 9.52. The monoisotopic (exact) mass is 551 g/mol. The van der Waals surface area contributed by atoms with Crippen LogP contribution < -0.4 is 11.1 Å². The van der Waals surface area contributed by atoms with Gasteiger partial charge in [0, 0.05) is 45.5 Å². The van der Waals surface area contributed by atoms with Crippen LogP contribution in [0.2, 0.25) is 0 Å². The number of nitrogen functional groups attached to an aromatic ring is 1. The number of carbonyl (C=O) groups excluding carboxylic acids is 1. The molecule has 10 nitrogen and oxygen atoms in total. The number of unbranched alkanes of at least 4 members (excludes halogenated alkanes) is 1. The second-order valence-corrected chi connectivity index (χ2v) is 11.8. The number of anilines is 2. The zero-order valence-electron chi connectivity index (χ0n) is 24.6. The molecule has 10 heteroatoms. The molecule has 0 bridgehead atoms. The Hall–Kier alpha value is -3.37. The number of aromatic nitrogens is 3. The third-order valence-electron chi connectivity index (χ3n) is 7.28. The second-order valence-electron chi connectivity index (χ2n) is 11.8. The number of rotatable bonds is 10. The molecule has 2 aromatic heterocycles. The van der Waals surface area contributed by atoms with Gasteiger partial charge in [-0.3, -0.25) is 4.90 Å². The Balaban J connectivity index is 1.47. The first-order valence-corrected chi connectivity index (χ1v) is 14.3. The summed E-state index contributed by atoms with van der Waals surface area (Å²) in [4.78, 5) is 25.6. The van der Waals surface area contributed by atoms with Gasteiger partial charge in [-0.2, -0.15) is 4.98 Å². The Bertz CT molecular complexity index is 1290. The van der Waals surface area contributed by atoms with Gasteiger partial charge in [0.15, 0.2) is 5.82 Å². The van der Waals surface area contributed by atoms with E-state index in [2.05, 4.69) is 56.8 Å². The number of amides is 1. The minimum Gasteiger partial charge on any atom is -0.444 e. The Morgan fingerprint density at radius 1 is 1.15 bits per heavy atom. The van der Waals surface area contributed by atoms with Crippen LogP contribution in [0, 0.1) is 6.92 Å². The molecular weight excluding hydrogens is 506 g/mol. The van der Waals surface area contributed by atoms with Gasteiger partial charge in [-0.05, 0) is 56.9 Å². The molecule has 1 aliphatic rings. The quantitative estimate of drug-likeness (QED) is 0.339. The molecule has 1 fully saturated rings. The van der Waals surface area contributed by atoms with Crippen molar-refractivity contribution in [2.24, 2.45) is 0 Å². The number of nitrogens with zero attached hydrogens (tertiary/aromatic N) is 5. The van der Waals surface area contributed by atoms with Crippen LogP contribution >= 0.6 is 0 Å². The molecule has 1 aliphatic heterocycles. The fraction of sp³-hybridized carbons (Fsp3) is 0.567. The van der Waals surface area contributed by atoms with Crippen molar-refractivity contribution >= 4 is 28.9 Å². The number of fused-ring (bicyclic) bond motifs is 1. The number of benzene rings is 1. The highest BCUT2D eigenvalue weighted by molar-refractivity contribution is 5.87. The maximum Gasteiger partial charge on any atom is 0.410 e. The summed E-state index contributed by atoms with van der Waals surface area (Å²) in [7, 11) is 0. The molecule has 0 unspecified atom stereocenters. The SMILES string of the molecule is CCCC[C@@H](CO)Nc1nc(N)nc2ccn(Cc3cc(CN4CCN(C(=O)OC(C)(C)C)CC4)ccc3C)c12. The summed E-state index contributed by atoms with van der Waals surface area (Å²) in [6, 6.07) is 8.49. The lowest BCUT2D eigenvalue weighted by Crippen LogP contribution is -2.49. The van der Waals surface area contributed by atoms with E-state index in [1.54, 1.807) is 4.90 Å². The molecule has 1 amide bonds. The first-order chi connectivity index (χ1) is 19.1. The van der Waals surface area contributed by atoms with E-state index in [1.165, 1.54) is 16.7 Å². The average molecular weight is 552 g/mol. The summed E-state index contributed by atoms with van der Waals surface area (Å²) in [6.07, 6.45) is 4.72. The Morgan fingerprint density at radius 3 is 2.58 bits per heavy atom. The van der Waals surface area contributed by atoms with Gasteiger partial charge in [0.2, 0.25) is 5.95 Å². The van der Waals surface area contributed by atoms with Crippen LogP contribution in [0.25, 0.3) is 11.0 Å². The molecule has 1 aromatic carbocycles. The number of aliphatic hydroxyl groups is 1. The Labute approximate surface area is 237 Å². The molecule has 0 radical (unpaired) electrons. The molecule has 0 spiro atoms. The molecule has 40 heavy (non-hydrogen) atoms. The molecule has 0 saturated carbocycles. The zero-order chi connectivity index (χ0) is 28.9. The number of aryl methyl sites for hydroxylation is 1. The summed E-state index contributed by atoms with van der Waals surface area (Å²) in [5, 5.41) is 13.3. The van der Waals surface area contributed by atoms with Crippen LogP contribution in [0.3, 0.4) is 0 Å². The minimum atomic E-state index is -0.483. The van der Waals surface area contributed by atoms with Gasteiger partial charge in [-0.15, -0.1) is 0 Å². The van der Waals surface area contributed by atoms with Crippen molar-refractivity contribution < 1.29 is 14.6 Å². The van der Waals surface area contributed by atoms with Crippen molar-refractivity contribution in [1.29, 1.82) is 0 Å². The van der Waals surface area contributed by atoms with E-state index in [-0.39, 0.29) is 24.7 Å². The van der Waals surface area contributed by atoms with E-state index in [0.29, 0.717) is 25.5 Å². The number of hydrogen-bond acceptors (Lipinski definition) is 8. The van der Waals surface area contributed by atoms with Crippen molar-refractivity contribution in [3.8, 4) is 0 Å². The Morgan fingerprint density at radius 2 is 1.90 bits per heavy atom. The highest BCUT2D eigenvalue weighted by atomic mass is 16.6. The molecule has 3 heterocycles. The first-order valence-electron chi connectivity index (χ1n) is 14.3.